The van der Waals surface area contributed by atoms with Crippen molar-refractivity contribution in [3.05, 3.63) is 53.3 Å². The van der Waals surface area contributed by atoms with Gasteiger partial charge in [-0.3, -0.25) is 9.48 Å². The SMILES string of the molecule is CN(C)Cc1ccccc1C(=O)N1CCOC(c2cnn(C)c2)C1. The number of benzene rings is 1. The van der Waals surface area contributed by atoms with E-state index in [1.165, 1.54) is 0 Å². The van der Waals surface area contributed by atoms with E-state index >= 15 is 0 Å². The lowest BCUT2D eigenvalue weighted by atomic mass is 10.0. The highest BCUT2D eigenvalue weighted by atomic mass is 16.5. The van der Waals surface area contributed by atoms with Crippen LogP contribution in [0.25, 0.3) is 0 Å². The number of morpholine rings is 1. The number of rotatable bonds is 4. The number of amides is 1. The third kappa shape index (κ3) is 3.66. The molecule has 24 heavy (non-hydrogen) atoms. The first kappa shape index (κ1) is 16.7. The van der Waals surface area contributed by atoms with E-state index in [1.54, 1.807) is 10.9 Å². The van der Waals surface area contributed by atoms with Crippen LogP contribution in [0.5, 0.6) is 0 Å². The summed E-state index contributed by atoms with van der Waals surface area (Å²) in [4.78, 5) is 17.0. The maximum Gasteiger partial charge on any atom is 0.254 e. The Hall–Kier alpha value is -2.18. The van der Waals surface area contributed by atoms with Crippen molar-refractivity contribution in [3.63, 3.8) is 0 Å². The third-order valence-electron chi connectivity index (χ3n) is 4.18. The van der Waals surface area contributed by atoms with E-state index in [1.807, 2.05) is 56.5 Å². The molecule has 1 fully saturated rings. The van der Waals surface area contributed by atoms with Crippen LogP contribution >= 0.6 is 0 Å². The van der Waals surface area contributed by atoms with Gasteiger partial charge in [0.1, 0.15) is 6.10 Å². The minimum Gasteiger partial charge on any atom is -0.370 e. The Morgan fingerprint density at radius 3 is 2.88 bits per heavy atom. The smallest absolute Gasteiger partial charge is 0.254 e. The number of carbonyl (C=O) groups is 1. The molecule has 1 unspecified atom stereocenters. The van der Waals surface area contributed by atoms with Gasteiger partial charge in [-0.1, -0.05) is 18.2 Å². The van der Waals surface area contributed by atoms with Gasteiger partial charge >= 0.3 is 0 Å². The number of aryl methyl sites for hydroxylation is 1. The Morgan fingerprint density at radius 1 is 1.38 bits per heavy atom. The number of carbonyl (C=O) groups excluding carboxylic acids is 1. The van der Waals surface area contributed by atoms with E-state index in [4.69, 9.17) is 4.74 Å². The molecule has 1 aliphatic rings. The van der Waals surface area contributed by atoms with Crippen molar-refractivity contribution in [3.8, 4) is 0 Å². The van der Waals surface area contributed by atoms with Gasteiger partial charge in [-0.15, -0.1) is 0 Å². The fraction of sp³-hybridized carbons (Fsp3) is 0.444. The highest BCUT2D eigenvalue weighted by molar-refractivity contribution is 5.95. The molecule has 6 nitrogen and oxygen atoms in total. The van der Waals surface area contributed by atoms with Crippen molar-refractivity contribution in [2.24, 2.45) is 7.05 Å². The first-order valence-electron chi connectivity index (χ1n) is 8.16. The molecular weight excluding hydrogens is 304 g/mol. The van der Waals surface area contributed by atoms with Crippen LogP contribution in [-0.2, 0) is 18.3 Å². The lowest BCUT2D eigenvalue weighted by Crippen LogP contribution is -2.42. The highest BCUT2D eigenvalue weighted by Crippen LogP contribution is 2.23. The summed E-state index contributed by atoms with van der Waals surface area (Å²) in [6.45, 7) is 2.46. The van der Waals surface area contributed by atoms with Gasteiger partial charge < -0.3 is 14.5 Å². The Bertz CT molecular complexity index is 711. The van der Waals surface area contributed by atoms with Crippen molar-refractivity contribution in [2.75, 3.05) is 33.8 Å². The molecule has 2 aromatic rings. The second kappa shape index (κ2) is 7.15. The Kier molecular flexibility index (Phi) is 4.97. The quantitative estimate of drug-likeness (QED) is 0.857. The zero-order valence-electron chi connectivity index (χ0n) is 14.5. The van der Waals surface area contributed by atoms with Gasteiger partial charge in [-0.25, -0.2) is 0 Å². The van der Waals surface area contributed by atoms with Crippen LogP contribution in [-0.4, -0.2) is 59.3 Å². The van der Waals surface area contributed by atoms with E-state index < -0.39 is 0 Å². The van der Waals surface area contributed by atoms with E-state index in [-0.39, 0.29) is 12.0 Å². The van der Waals surface area contributed by atoms with E-state index in [0.29, 0.717) is 19.7 Å². The minimum atomic E-state index is -0.114. The second-order valence-corrected chi connectivity index (χ2v) is 6.45. The van der Waals surface area contributed by atoms with E-state index in [9.17, 15) is 4.79 Å². The van der Waals surface area contributed by atoms with Crippen LogP contribution in [0.3, 0.4) is 0 Å². The summed E-state index contributed by atoms with van der Waals surface area (Å²) in [5.41, 5.74) is 2.84. The molecule has 3 rings (SSSR count). The summed E-state index contributed by atoms with van der Waals surface area (Å²) in [6, 6.07) is 7.83. The van der Waals surface area contributed by atoms with Gasteiger partial charge in [-0.2, -0.15) is 5.10 Å². The summed E-state index contributed by atoms with van der Waals surface area (Å²) in [5.74, 6) is 0.0737. The van der Waals surface area contributed by atoms with E-state index in [0.717, 1.165) is 23.2 Å². The normalized spacial score (nSPS) is 18.2. The minimum absolute atomic E-state index is 0.0737. The summed E-state index contributed by atoms with van der Waals surface area (Å²) >= 11 is 0. The fourth-order valence-electron chi connectivity index (χ4n) is 3.02. The number of nitrogens with zero attached hydrogens (tertiary/aromatic N) is 4. The van der Waals surface area contributed by atoms with Crippen molar-refractivity contribution in [2.45, 2.75) is 12.6 Å². The van der Waals surface area contributed by atoms with Crippen molar-refractivity contribution >= 4 is 5.91 Å². The van der Waals surface area contributed by atoms with Crippen molar-refractivity contribution in [1.29, 1.82) is 0 Å². The molecule has 1 amide bonds. The lowest BCUT2D eigenvalue weighted by molar-refractivity contribution is -0.0229. The second-order valence-electron chi connectivity index (χ2n) is 6.45. The molecule has 1 saturated heterocycles. The molecule has 1 atom stereocenters. The maximum atomic E-state index is 13.0. The van der Waals surface area contributed by atoms with Gasteiger partial charge in [0.15, 0.2) is 0 Å². The topological polar surface area (TPSA) is 50.6 Å². The molecule has 2 heterocycles. The zero-order valence-corrected chi connectivity index (χ0v) is 14.5. The summed E-state index contributed by atoms with van der Waals surface area (Å²) in [7, 11) is 5.90. The van der Waals surface area contributed by atoms with Crippen molar-refractivity contribution < 1.29 is 9.53 Å². The average Bonchev–Trinajstić information content (AvgIpc) is 3.01. The molecule has 0 aliphatic carbocycles. The van der Waals surface area contributed by atoms with Crippen molar-refractivity contribution in [1.82, 2.24) is 19.6 Å². The number of aromatic nitrogens is 2. The largest absolute Gasteiger partial charge is 0.370 e. The van der Waals surface area contributed by atoms with Crippen LogP contribution in [0.4, 0.5) is 0 Å². The molecule has 0 radical (unpaired) electrons. The molecule has 0 N–H and O–H groups in total. The molecule has 1 aromatic carbocycles. The fourth-order valence-corrected chi connectivity index (χ4v) is 3.02. The maximum absolute atomic E-state index is 13.0. The van der Waals surface area contributed by atoms with Crippen LogP contribution in [0.2, 0.25) is 0 Å². The van der Waals surface area contributed by atoms with Gasteiger partial charge in [0.05, 0.1) is 19.3 Å². The summed E-state index contributed by atoms with van der Waals surface area (Å²) in [6.07, 6.45) is 3.63. The van der Waals surface area contributed by atoms with Gasteiger partial charge in [-0.05, 0) is 25.7 Å². The molecule has 1 aromatic heterocycles. The summed E-state index contributed by atoms with van der Waals surface area (Å²) in [5, 5.41) is 4.19. The average molecular weight is 328 g/mol. The third-order valence-corrected chi connectivity index (χ3v) is 4.18. The van der Waals surface area contributed by atoms with E-state index in [2.05, 4.69) is 10.00 Å². The number of ether oxygens (including phenoxy) is 1. The lowest BCUT2D eigenvalue weighted by Gasteiger charge is -2.33. The Labute approximate surface area is 142 Å². The van der Waals surface area contributed by atoms with Gasteiger partial charge in [0.25, 0.3) is 5.91 Å². The molecule has 128 valence electrons. The highest BCUT2D eigenvalue weighted by Gasteiger charge is 2.27. The summed E-state index contributed by atoms with van der Waals surface area (Å²) < 4.78 is 7.59. The first-order chi connectivity index (χ1) is 11.5. The Morgan fingerprint density at radius 2 is 2.17 bits per heavy atom. The molecule has 0 bridgehead atoms. The monoisotopic (exact) mass is 328 g/mol. The zero-order chi connectivity index (χ0) is 17.1. The number of hydrogen-bond donors (Lipinski definition) is 0. The molecular formula is C18H24N4O2. The predicted molar refractivity (Wildman–Crippen MR) is 91.6 cm³/mol. The van der Waals surface area contributed by atoms with Gasteiger partial charge in [0.2, 0.25) is 0 Å². The number of hydrogen-bond acceptors (Lipinski definition) is 4. The van der Waals surface area contributed by atoms with Crippen LogP contribution < -0.4 is 0 Å². The van der Waals surface area contributed by atoms with Crippen LogP contribution in [0.15, 0.2) is 36.7 Å². The molecule has 1 aliphatic heterocycles. The molecule has 6 heteroatoms. The predicted octanol–water partition coefficient (Wildman–Crippen LogP) is 1.70. The standard InChI is InChI=1S/C18H24N4O2/c1-20(2)11-14-6-4-5-7-16(14)18(23)22-8-9-24-17(13-22)15-10-19-21(3)12-15/h4-7,10,12,17H,8-9,11,13H2,1-3H3. The molecule has 0 spiro atoms. The van der Waals surface area contributed by atoms with Crippen LogP contribution in [0.1, 0.15) is 27.6 Å². The molecule has 0 saturated carbocycles. The van der Waals surface area contributed by atoms with Gasteiger partial charge in [0, 0.05) is 37.5 Å². The first-order valence-corrected chi connectivity index (χ1v) is 8.16. The Balaban J connectivity index is 1.77. The van der Waals surface area contributed by atoms with Crippen LogP contribution in [0, 0.1) is 0 Å².